The third-order valence-corrected chi connectivity index (χ3v) is 4.62. The first-order valence-electron chi connectivity index (χ1n) is 8.77. The number of halogens is 1. The van der Waals surface area contributed by atoms with Crippen molar-refractivity contribution in [3.8, 4) is 0 Å². The van der Waals surface area contributed by atoms with E-state index in [-0.39, 0.29) is 18.3 Å². The van der Waals surface area contributed by atoms with Gasteiger partial charge in [-0.05, 0) is 29.9 Å². The molecule has 2 rings (SSSR count). The summed E-state index contributed by atoms with van der Waals surface area (Å²) in [6.45, 7) is 14.2. The molecule has 24 heavy (non-hydrogen) atoms. The van der Waals surface area contributed by atoms with Crippen LogP contribution in [0.25, 0.3) is 0 Å². The standard InChI is InChI=1S/C19H31N3O.ClH/c1-13(2)16-7-6-8-17(14(3)4)19(16)21-18(23)12-22-10-9-20-11-15(22)5;/h6-8,13-15,20H,9-12H2,1-5H3,(H,21,23);1H/t15-;/m0./s1. The Bertz CT molecular complexity index is 519. The topological polar surface area (TPSA) is 44.4 Å². The molecule has 1 atom stereocenters. The third kappa shape index (κ3) is 5.20. The third-order valence-electron chi connectivity index (χ3n) is 4.62. The van der Waals surface area contributed by atoms with E-state index in [0.29, 0.717) is 24.4 Å². The molecule has 2 N–H and O–H groups in total. The predicted octanol–water partition coefficient (Wildman–Crippen LogP) is 3.59. The molecule has 1 aromatic rings. The average Bonchev–Trinajstić information content (AvgIpc) is 2.49. The van der Waals surface area contributed by atoms with Crippen molar-refractivity contribution in [2.45, 2.75) is 52.5 Å². The largest absolute Gasteiger partial charge is 0.324 e. The Morgan fingerprint density at radius 2 is 1.83 bits per heavy atom. The zero-order chi connectivity index (χ0) is 17.0. The van der Waals surface area contributed by atoms with Crippen molar-refractivity contribution in [1.29, 1.82) is 0 Å². The van der Waals surface area contributed by atoms with E-state index in [1.807, 2.05) is 0 Å². The summed E-state index contributed by atoms with van der Waals surface area (Å²) in [6, 6.07) is 6.75. The van der Waals surface area contributed by atoms with E-state index in [4.69, 9.17) is 0 Å². The van der Waals surface area contributed by atoms with Gasteiger partial charge in [-0.1, -0.05) is 45.9 Å². The number of carbonyl (C=O) groups excluding carboxylic acids is 1. The van der Waals surface area contributed by atoms with Gasteiger partial charge >= 0.3 is 0 Å². The fraction of sp³-hybridized carbons (Fsp3) is 0.632. The Kier molecular flexibility index (Phi) is 8.20. The minimum absolute atomic E-state index is 0. The molecule has 1 aliphatic rings. The Labute approximate surface area is 152 Å². The molecule has 0 radical (unpaired) electrons. The van der Waals surface area contributed by atoms with E-state index < -0.39 is 0 Å². The summed E-state index contributed by atoms with van der Waals surface area (Å²) >= 11 is 0. The average molecular weight is 354 g/mol. The van der Waals surface area contributed by atoms with Crippen LogP contribution in [-0.2, 0) is 4.79 Å². The van der Waals surface area contributed by atoms with Gasteiger partial charge < -0.3 is 10.6 Å². The molecule has 0 spiro atoms. The first kappa shape index (κ1) is 20.9. The second kappa shape index (κ2) is 9.40. The summed E-state index contributed by atoms with van der Waals surface area (Å²) in [5, 5.41) is 6.57. The lowest BCUT2D eigenvalue weighted by Gasteiger charge is -2.33. The van der Waals surface area contributed by atoms with Crippen LogP contribution in [0.3, 0.4) is 0 Å². The van der Waals surface area contributed by atoms with Crippen molar-refractivity contribution >= 4 is 24.0 Å². The molecule has 1 amide bonds. The number of benzene rings is 1. The maximum absolute atomic E-state index is 12.6. The Balaban J connectivity index is 0.00000288. The number of anilines is 1. The van der Waals surface area contributed by atoms with Crippen LogP contribution in [0.5, 0.6) is 0 Å². The van der Waals surface area contributed by atoms with E-state index in [9.17, 15) is 4.79 Å². The lowest BCUT2D eigenvalue weighted by atomic mass is 9.92. The molecule has 0 bridgehead atoms. The normalized spacial score (nSPS) is 18.5. The predicted molar refractivity (Wildman–Crippen MR) is 104 cm³/mol. The first-order valence-corrected chi connectivity index (χ1v) is 8.77. The number of piperazine rings is 1. The molecule has 0 aliphatic carbocycles. The van der Waals surface area contributed by atoms with Crippen molar-refractivity contribution in [3.63, 3.8) is 0 Å². The second-order valence-electron chi connectivity index (χ2n) is 7.19. The maximum Gasteiger partial charge on any atom is 0.238 e. The van der Waals surface area contributed by atoms with E-state index >= 15 is 0 Å². The molecule has 5 heteroatoms. The molecule has 4 nitrogen and oxygen atoms in total. The fourth-order valence-electron chi connectivity index (χ4n) is 3.18. The summed E-state index contributed by atoms with van der Waals surface area (Å²) in [5.41, 5.74) is 3.46. The Morgan fingerprint density at radius 3 is 2.33 bits per heavy atom. The number of para-hydroxylation sites is 1. The van der Waals surface area contributed by atoms with Gasteiger partial charge in [-0.15, -0.1) is 12.4 Å². The monoisotopic (exact) mass is 353 g/mol. The summed E-state index contributed by atoms with van der Waals surface area (Å²) in [4.78, 5) is 14.9. The summed E-state index contributed by atoms with van der Waals surface area (Å²) in [7, 11) is 0. The number of carbonyl (C=O) groups is 1. The lowest BCUT2D eigenvalue weighted by Crippen LogP contribution is -2.52. The molecular formula is C19H32ClN3O. The van der Waals surface area contributed by atoms with Crippen LogP contribution in [0.4, 0.5) is 5.69 Å². The smallest absolute Gasteiger partial charge is 0.238 e. The summed E-state index contributed by atoms with van der Waals surface area (Å²) in [5.74, 6) is 0.873. The quantitative estimate of drug-likeness (QED) is 0.850. The van der Waals surface area contributed by atoms with Crippen LogP contribution < -0.4 is 10.6 Å². The first-order chi connectivity index (χ1) is 10.9. The van der Waals surface area contributed by atoms with Gasteiger partial charge in [-0.2, -0.15) is 0 Å². The molecule has 1 heterocycles. The van der Waals surface area contributed by atoms with Crippen LogP contribution in [0, 0.1) is 0 Å². The molecule has 1 aliphatic heterocycles. The van der Waals surface area contributed by atoms with Gasteiger partial charge in [-0.25, -0.2) is 0 Å². The van der Waals surface area contributed by atoms with E-state index in [2.05, 4.69) is 68.4 Å². The van der Waals surface area contributed by atoms with Gasteiger partial charge in [0.25, 0.3) is 0 Å². The minimum atomic E-state index is 0. The number of hydrogen-bond acceptors (Lipinski definition) is 3. The van der Waals surface area contributed by atoms with Crippen LogP contribution in [0.15, 0.2) is 18.2 Å². The van der Waals surface area contributed by atoms with Crippen LogP contribution in [0.2, 0.25) is 0 Å². The number of hydrogen-bond donors (Lipinski definition) is 2. The highest BCUT2D eigenvalue weighted by Crippen LogP contribution is 2.32. The van der Waals surface area contributed by atoms with Gasteiger partial charge in [0.05, 0.1) is 6.54 Å². The number of amides is 1. The minimum Gasteiger partial charge on any atom is -0.324 e. The molecule has 136 valence electrons. The van der Waals surface area contributed by atoms with Crippen molar-refractivity contribution in [3.05, 3.63) is 29.3 Å². The van der Waals surface area contributed by atoms with Crippen molar-refractivity contribution in [2.75, 3.05) is 31.5 Å². The van der Waals surface area contributed by atoms with Crippen molar-refractivity contribution in [1.82, 2.24) is 10.2 Å². The molecule has 1 saturated heterocycles. The number of nitrogens with one attached hydrogen (secondary N) is 2. The molecule has 1 aromatic carbocycles. The maximum atomic E-state index is 12.6. The van der Waals surface area contributed by atoms with Crippen molar-refractivity contribution in [2.24, 2.45) is 0 Å². The molecule has 0 aromatic heterocycles. The summed E-state index contributed by atoms with van der Waals surface area (Å²) < 4.78 is 0. The number of nitrogens with zero attached hydrogens (tertiary/aromatic N) is 1. The Hall–Kier alpha value is -1.10. The summed E-state index contributed by atoms with van der Waals surface area (Å²) in [6.07, 6.45) is 0. The lowest BCUT2D eigenvalue weighted by molar-refractivity contribution is -0.118. The Morgan fingerprint density at radius 1 is 1.25 bits per heavy atom. The zero-order valence-corrected chi connectivity index (χ0v) is 16.4. The van der Waals surface area contributed by atoms with E-state index in [1.165, 1.54) is 11.1 Å². The van der Waals surface area contributed by atoms with Gasteiger partial charge in [0.2, 0.25) is 5.91 Å². The zero-order valence-electron chi connectivity index (χ0n) is 15.6. The van der Waals surface area contributed by atoms with Gasteiger partial charge in [0, 0.05) is 31.4 Å². The highest BCUT2D eigenvalue weighted by Gasteiger charge is 2.22. The highest BCUT2D eigenvalue weighted by atomic mass is 35.5. The molecular weight excluding hydrogens is 322 g/mol. The van der Waals surface area contributed by atoms with Crippen molar-refractivity contribution < 1.29 is 4.79 Å². The van der Waals surface area contributed by atoms with E-state index in [0.717, 1.165) is 25.3 Å². The van der Waals surface area contributed by atoms with Gasteiger partial charge in [0.1, 0.15) is 0 Å². The number of rotatable bonds is 5. The highest BCUT2D eigenvalue weighted by molar-refractivity contribution is 5.94. The fourth-order valence-corrected chi connectivity index (χ4v) is 3.18. The van der Waals surface area contributed by atoms with Crippen LogP contribution in [-0.4, -0.2) is 43.0 Å². The molecule has 1 fully saturated rings. The second-order valence-corrected chi connectivity index (χ2v) is 7.19. The molecule has 0 saturated carbocycles. The van der Waals surface area contributed by atoms with Gasteiger partial charge in [0.15, 0.2) is 0 Å². The molecule has 0 unspecified atom stereocenters. The van der Waals surface area contributed by atoms with Gasteiger partial charge in [-0.3, -0.25) is 9.69 Å². The van der Waals surface area contributed by atoms with Crippen LogP contribution >= 0.6 is 12.4 Å². The SMILES string of the molecule is CC(C)c1cccc(C(C)C)c1NC(=O)CN1CCNC[C@@H]1C.Cl. The van der Waals surface area contributed by atoms with Crippen LogP contribution in [0.1, 0.15) is 57.6 Å². The van der Waals surface area contributed by atoms with E-state index in [1.54, 1.807) is 0 Å².